The van der Waals surface area contributed by atoms with Crippen molar-refractivity contribution >= 4 is 45.9 Å². The summed E-state index contributed by atoms with van der Waals surface area (Å²) in [4.78, 5) is 34.8. The summed E-state index contributed by atoms with van der Waals surface area (Å²) < 4.78 is 1.04. The van der Waals surface area contributed by atoms with E-state index in [0.29, 0.717) is 16.5 Å². The Kier molecular flexibility index (Phi) is 5.99. The molecule has 9 nitrogen and oxygen atoms in total. The number of amides is 1. The zero-order valence-electron chi connectivity index (χ0n) is 18.0. The number of rotatable bonds is 5. The molecule has 0 unspecified atom stereocenters. The van der Waals surface area contributed by atoms with Gasteiger partial charge in [0.15, 0.2) is 10.8 Å². The molecule has 3 aromatic heterocycles. The molecule has 1 aliphatic heterocycles. The minimum absolute atomic E-state index is 0.257. The second-order valence-corrected chi connectivity index (χ2v) is 8.78. The largest absolute Gasteiger partial charge is 0.437 e. The van der Waals surface area contributed by atoms with Gasteiger partial charge < -0.3 is 20.1 Å². The molecular formula is C22H22BN7O2S. The van der Waals surface area contributed by atoms with Crippen molar-refractivity contribution in [1.29, 1.82) is 0 Å². The number of piperazine rings is 1. The molecule has 0 spiro atoms. The van der Waals surface area contributed by atoms with Gasteiger partial charge in [-0.2, -0.15) is 0 Å². The van der Waals surface area contributed by atoms with E-state index in [1.807, 2.05) is 35.1 Å². The van der Waals surface area contributed by atoms with Crippen molar-refractivity contribution in [1.82, 2.24) is 24.7 Å². The molecule has 33 heavy (non-hydrogen) atoms. The summed E-state index contributed by atoms with van der Waals surface area (Å²) >= 11 is 1.49. The highest BCUT2D eigenvalue weighted by Crippen LogP contribution is 2.29. The maximum atomic E-state index is 13.0. The van der Waals surface area contributed by atoms with Crippen molar-refractivity contribution in [2.45, 2.75) is 6.82 Å². The van der Waals surface area contributed by atoms with Gasteiger partial charge >= 0.3 is 7.05 Å². The smallest absolute Gasteiger partial charge is 0.376 e. The van der Waals surface area contributed by atoms with Crippen molar-refractivity contribution in [3.63, 3.8) is 0 Å². The molecule has 5 rings (SSSR count). The van der Waals surface area contributed by atoms with Crippen LogP contribution in [0.1, 0.15) is 10.5 Å². The number of nitrogens with zero attached hydrogens (tertiary/aromatic N) is 6. The van der Waals surface area contributed by atoms with E-state index in [0.717, 1.165) is 42.1 Å². The molecule has 1 aromatic carbocycles. The SMILES string of the molecule is CB(O)N1CCN(c2ccncc2NC(=O)c2ccnc(-c3nc4ccccc4s3)n2)CC1. The average Bonchev–Trinajstić information content (AvgIpc) is 3.29. The summed E-state index contributed by atoms with van der Waals surface area (Å²) in [5, 5.41) is 13.4. The van der Waals surface area contributed by atoms with Gasteiger partial charge in [-0.25, -0.2) is 15.0 Å². The Morgan fingerprint density at radius 3 is 2.70 bits per heavy atom. The third-order valence-electron chi connectivity index (χ3n) is 5.60. The van der Waals surface area contributed by atoms with Gasteiger partial charge in [-0.15, -0.1) is 11.3 Å². The van der Waals surface area contributed by atoms with E-state index < -0.39 is 7.05 Å². The average molecular weight is 459 g/mol. The number of anilines is 2. The number of pyridine rings is 1. The fourth-order valence-electron chi connectivity index (χ4n) is 3.84. The number of hydrogen-bond donors (Lipinski definition) is 2. The molecule has 0 saturated carbocycles. The monoisotopic (exact) mass is 459 g/mol. The molecule has 4 aromatic rings. The van der Waals surface area contributed by atoms with Gasteiger partial charge in [-0.05, 0) is 31.1 Å². The van der Waals surface area contributed by atoms with Gasteiger partial charge in [0.1, 0.15) is 5.69 Å². The lowest BCUT2D eigenvalue weighted by molar-refractivity contribution is 0.102. The molecule has 0 bridgehead atoms. The molecule has 0 radical (unpaired) electrons. The number of carbonyl (C=O) groups is 1. The molecule has 0 aliphatic carbocycles. The molecule has 1 amide bonds. The van der Waals surface area contributed by atoms with E-state index in [-0.39, 0.29) is 11.6 Å². The highest BCUT2D eigenvalue weighted by atomic mass is 32.1. The maximum absolute atomic E-state index is 13.0. The summed E-state index contributed by atoms with van der Waals surface area (Å²) in [5.74, 6) is 0.0844. The number of para-hydroxylation sites is 1. The van der Waals surface area contributed by atoms with Crippen molar-refractivity contribution in [2.75, 3.05) is 36.4 Å². The third-order valence-corrected chi connectivity index (χ3v) is 6.64. The van der Waals surface area contributed by atoms with Crippen molar-refractivity contribution in [2.24, 2.45) is 0 Å². The summed E-state index contributed by atoms with van der Waals surface area (Å²) in [7, 11) is -0.467. The van der Waals surface area contributed by atoms with Gasteiger partial charge in [-0.1, -0.05) is 12.1 Å². The van der Waals surface area contributed by atoms with E-state index in [1.54, 1.807) is 31.5 Å². The fraction of sp³-hybridized carbons (Fsp3) is 0.227. The Labute approximate surface area is 195 Å². The van der Waals surface area contributed by atoms with Crippen LogP contribution in [-0.4, -0.2) is 68.9 Å². The first-order valence-corrected chi connectivity index (χ1v) is 11.5. The quantitative estimate of drug-likeness (QED) is 0.439. The lowest BCUT2D eigenvalue weighted by Crippen LogP contribution is -2.51. The number of hydrogen-bond acceptors (Lipinski definition) is 9. The van der Waals surface area contributed by atoms with Crippen LogP contribution in [0.15, 0.2) is 55.0 Å². The van der Waals surface area contributed by atoms with Crippen LogP contribution in [0.25, 0.3) is 21.0 Å². The first-order valence-electron chi connectivity index (χ1n) is 10.7. The summed E-state index contributed by atoms with van der Waals surface area (Å²) in [6.07, 6.45) is 4.93. The van der Waals surface area contributed by atoms with Gasteiger partial charge in [0.05, 0.1) is 27.8 Å². The van der Waals surface area contributed by atoms with Crippen molar-refractivity contribution in [3.8, 4) is 10.8 Å². The summed E-state index contributed by atoms with van der Waals surface area (Å²) in [6, 6.07) is 11.3. The number of aromatic nitrogens is 4. The zero-order chi connectivity index (χ0) is 22.8. The van der Waals surface area contributed by atoms with E-state index in [2.05, 4.69) is 30.2 Å². The Hall–Kier alpha value is -3.41. The Bertz CT molecular complexity index is 1260. The maximum Gasteiger partial charge on any atom is 0.376 e. The molecule has 11 heteroatoms. The summed E-state index contributed by atoms with van der Waals surface area (Å²) in [5.41, 5.74) is 2.65. The number of nitrogens with one attached hydrogen (secondary N) is 1. The minimum atomic E-state index is -0.467. The van der Waals surface area contributed by atoms with E-state index >= 15 is 0 Å². The second-order valence-electron chi connectivity index (χ2n) is 7.75. The number of carbonyl (C=O) groups excluding carboxylic acids is 1. The van der Waals surface area contributed by atoms with E-state index in [1.165, 1.54) is 11.3 Å². The second kappa shape index (κ2) is 9.22. The van der Waals surface area contributed by atoms with Crippen LogP contribution in [0, 0.1) is 0 Å². The van der Waals surface area contributed by atoms with Crippen LogP contribution in [0.5, 0.6) is 0 Å². The molecule has 166 valence electrons. The predicted molar refractivity (Wildman–Crippen MR) is 130 cm³/mol. The number of thiazole rings is 1. The minimum Gasteiger partial charge on any atom is -0.437 e. The zero-order valence-corrected chi connectivity index (χ0v) is 18.9. The molecule has 4 heterocycles. The van der Waals surface area contributed by atoms with Crippen LogP contribution in [0.3, 0.4) is 0 Å². The van der Waals surface area contributed by atoms with Crippen LogP contribution < -0.4 is 10.2 Å². The van der Waals surface area contributed by atoms with Crippen LogP contribution >= 0.6 is 11.3 Å². The van der Waals surface area contributed by atoms with Gasteiger partial charge in [-0.3, -0.25) is 9.78 Å². The molecule has 2 N–H and O–H groups in total. The Morgan fingerprint density at radius 1 is 1.09 bits per heavy atom. The Morgan fingerprint density at radius 2 is 1.91 bits per heavy atom. The molecule has 1 fully saturated rings. The van der Waals surface area contributed by atoms with Gasteiger partial charge in [0, 0.05) is 38.6 Å². The van der Waals surface area contributed by atoms with E-state index in [4.69, 9.17) is 0 Å². The highest BCUT2D eigenvalue weighted by Gasteiger charge is 2.24. The number of benzene rings is 1. The van der Waals surface area contributed by atoms with E-state index in [9.17, 15) is 9.82 Å². The molecule has 1 saturated heterocycles. The summed E-state index contributed by atoms with van der Waals surface area (Å²) in [6.45, 7) is 4.74. The Balaban J connectivity index is 1.35. The molecular weight excluding hydrogens is 437 g/mol. The van der Waals surface area contributed by atoms with Crippen LogP contribution in [0.2, 0.25) is 6.82 Å². The fourth-order valence-corrected chi connectivity index (χ4v) is 4.74. The predicted octanol–water partition coefficient (Wildman–Crippen LogP) is 2.63. The first-order chi connectivity index (χ1) is 16.1. The van der Waals surface area contributed by atoms with Crippen molar-refractivity contribution < 1.29 is 9.82 Å². The standard InChI is InChI=1S/C22H22BN7O2S/c1-23(32)30-12-10-29(11-13-30)18-7-8-24-14-17(18)27-21(31)16-6-9-25-20(26-16)22-28-15-4-2-3-5-19(15)33-22/h2-9,14,32H,10-13H2,1H3,(H,27,31). The van der Waals surface area contributed by atoms with Gasteiger partial charge in [0.2, 0.25) is 0 Å². The first kappa shape index (κ1) is 21.4. The van der Waals surface area contributed by atoms with Gasteiger partial charge in [0.25, 0.3) is 5.91 Å². The topological polar surface area (TPSA) is 107 Å². The molecule has 1 aliphatic rings. The normalized spacial score (nSPS) is 14.4. The van der Waals surface area contributed by atoms with Crippen molar-refractivity contribution in [3.05, 3.63) is 60.7 Å². The molecule has 0 atom stereocenters. The van der Waals surface area contributed by atoms with Crippen LogP contribution in [0.4, 0.5) is 11.4 Å². The lowest BCUT2D eigenvalue weighted by Gasteiger charge is -2.37. The highest BCUT2D eigenvalue weighted by molar-refractivity contribution is 7.21. The lowest BCUT2D eigenvalue weighted by atomic mass is 9.84. The third kappa shape index (κ3) is 4.56. The number of fused-ring (bicyclic) bond motifs is 1. The van der Waals surface area contributed by atoms with Crippen LogP contribution in [-0.2, 0) is 0 Å².